The second-order valence-electron chi connectivity index (χ2n) is 6.74. The minimum Gasteiger partial charge on any atom is -0.389 e. The molecule has 20 heavy (non-hydrogen) atoms. The summed E-state index contributed by atoms with van der Waals surface area (Å²) in [5.74, 6) is 0.420. The summed E-state index contributed by atoms with van der Waals surface area (Å²) >= 11 is 0. The molecule has 1 rings (SSSR count). The van der Waals surface area contributed by atoms with Crippen LogP contribution in [-0.2, 0) is 4.79 Å². The van der Waals surface area contributed by atoms with Crippen molar-refractivity contribution < 1.29 is 9.90 Å². The zero-order valence-corrected chi connectivity index (χ0v) is 13.4. The van der Waals surface area contributed by atoms with E-state index in [1.807, 2.05) is 13.8 Å². The predicted octanol–water partition coefficient (Wildman–Crippen LogP) is 2.55. The molecule has 0 aromatic carbocycles. The van der Waals surface area contributed by atoms with E-state index in [2.05, 4.69) is 10.3 Å². The topological polar surface area (TPSA) is 61.7 Å². The highest BCUT2D eigenvalue weighted by molar-refractivity contribution is 6.02. The Bertz CT molecular complexity index is 339. The average molecular weight is 282 g/mol. The van der Waals surface area contributed by atoms with Crippen molar-refractivity contribution in [2.45, 2.75) is 65.4 Å². The number of rotatable bonds is 6. The van der Waals surface area contributed by atoms with Gasteiger partial charge in [0.25, 0.3) is 0 Å². The summed E-state index contributed by atoms with van der Waals surface area (Å²) in [5.41, 5.74) is 0.0199. The molecule has 4 heteroatoms. The smallest absolute Gasteiger partial charge is 0.228 e. The summed E-state index contributed by atoms with van der Waals surface area (Å²) in [5, 5.41) is 12.4. The number of hydrogen-bond acceptors (Lipinski definition) is 3. The molecule has 1 atom stereocenters. The van der Waals surface area contributed by atoms with Gasteiger partial charge < -0.3 is 10.4 Å². The second-order valence-corrected chi connectivity index (χ2v) is 6.74. The van der Waals surface area contributed by atoms with Gasteiger partial charge in [-0.25, -0.2) is 0 Å². The van der Waals surface area contributed by atoms with Gasteiger partial charge in [-0.3, -0.25) is 9.79 Å². The fourth-order valence-electron chi connectivity index (χ4n) is 2.43. The summed E-state index contributed by atoms with van der Waals surface area (Å²) in [6, 6.07) is 0. The molecule has 1 aliphatic carbocycles. The molecule has 1 fully saturated rings. The van der Waals surface area contributed by atoms with E-state index in [0.29, 0.717) is 5.92 Å². The molecule has 1 aliphatic rings. The van der Waals surface area contributed by atoms with Crippen molar-refractivity contribution in [3.05, 3.63) is 0 Å². The summed E-state index contributed by atoms with van der Waals surface area (Å²) < 4.78 is 0. The van der Waals surface area contributed by atoms with Crippen LogP contribution in [0, 0.1) is 11.8 Å². The quantitative estimate of drug-likeness (QED) is 0.735. The van der Waals surface area contributed by atoms with Gasteiger partial charge >= 0.3 is 0 Å². The van der Waals surface area contributed by atoms with Gasteiger partial charge in [-0.15, -0.1) is 0 Å². The summed E-state index contributed by atoms with van der Waals surface area (Å²) in [4.78, 5) is 16.6. The molecule has 1 saturated carbocycles. The van der Waals surface area contributed by atoms with Crippen molar-refractivity contribution in [2.75, 3.05) is 13.1 Å². The van der Waals surface area contributed by atoms with E-state index in [0.717, 1.165) is 12.3 Å². The number of nitrogens with zero attached hydrogens (tertiary/aromatic N) is 1. The van der Waals surface area contributed by atoms with Crippen molar-refractivity contribution in [1.82, 2.24) is 5.32 Å². The van der Waals surface area contributed by atoms with E-state index in [-0.39, 0.29) is 18.4 Å². The van der Waals surface area contributed by atoms with E-state index in [1.54, 1.807) is 13.8 Å². The Hall–Kier alpha value is -0.900. The van der Waals surface area contributed by atoms with Gasteiger partial charge in [-0.2, -0.15) is 0 Å². The number of aliphatic imine (C=N–C) groups is 1. The first-order chi connectivity index (χ1) is 9.29. The SMILES string of the molecule is CC(=NCC1CCCCC1)C(C)C(=O)NCC(C)(C)O. The number of carbonyl (C=O) groups excluding carboxylic acids is 1. The van der Waals surface area contributed by atoms with Crippen molar-refractivity contribution >= 4 is 11.6 Å². The monoisotopic (exact) mass is 282 g/mol. The van der Waals surface area contributed by atoms with Crippen LogP contribution in [-0.4, -0.2) is 35.4 Å². The lowest BCUT2D eigenvalue weighted by Gasteiger charge is -2.21. The Morgan fingerprint density at radius 1 is 1.35 bits per heavy atom. The van der Waals surface area contributed by atoms with Crippen molar-refractivity contribution in [1.29, 1.82) is 0 Å². The average Bonchev–Trinajstić information content (AvgIpc) is 2.41. The molecule has 0 heterocycles. The maximum absolute atomic E-state index is 12.0. The van der Waals surface area contributed by atoms with Gasteiger partial charge in [-0.1, -0.05) is 19.3 Å². The van der Waals surface area contributed by atoms with E-state index < -0.39 is 5.60 Å². The van der Waals surface area contributed by atoms with Gasteiger partial charge in [-0.05, 0) is 46.5 Å². The zero-order chi connectivity index (χ0) is 15.2. The van der Waals surface area contributed by atoms with Crippen LogP contribution in [0.5, 0.6) is 0 Å². The number of carbonyl (C=O) groups is 1. The van der Waals surface area contributed by atoms with Crippen LogP contribution >= 0.6 is 0 Å². The Balaban J connectivity index is 2.39. The molecule has 1 amide bonds. The summed E-state index contributed by atoms with van der Waals surface area (Å²) in [7, 11) is 0. The lowest BCUT2D eigenvalue weighted by Crippen LogP contribution is -2.41. The van der Waals surface area contributed by atoms with Gasteiger partial charge in [0.1, 0.15) is 0 Å². The van der Waals surface area contributed by atoms with Crippen LogP contribution in [0.4, 0.5) is 0 Å². The molecule has 2 N–H and O–H groups in total. The highest BCUT2D eigenvalue weighted by atomic mass is 16.3. The summed E-state index contributed by atoms with van der Waals surface area (Å²) in [6.45, 7) is 8.29. The van der Waals surface area contributed by atoms with E-state index in [1.165, 1.54) is 32.1 Å². The fraction of sp³-hybridized carbons (Fsp3) is 0.875. The molecular weight excluding hydrogens is 252 g/mol. The van der Waals surface area contributed by atoms with Crippen LogP contribution in [0.1, 0.15) is 59.8 Å². The van der Waals surface area contributed by atoms with Gasteiger partial charge in [0, 0.05) is 18.8 Å². The lowest BCUT2D eigenvalue weighted by atomic mass is 9.89. The predicted molar refractivity (Wildman–Crippen MR) is 83.0 cm³/mol. The Kier molecular flexibility index (Phi) is 6.66. The zero-order valence-electron chi connectivity index (χ0n) is 13.4. The number of amides is 1. The fourth-order valence-corrected chi connectivity index (χ4v) is 2.43. The largest absolute Gasteiger partial charge is 0.389 e. The van der Waals surface area contributed by atoms with E-state index >= 15 is 0 Å². The molecular formula is C16H30N2O2. The Labute approximate surface area is 123 Å². The molecule has 1 unspecified atom stereocenters. The molecule has 0 radical (unpaired) electrons. The highest BCUT2D eigenvalue weighted by Crippen LogP contribution is 2.23. The lowest BCUT2D eigenvalue weighted by molar-refractivity contribution is -0.123. The van der Waals surface area contributed by atoms with Gasteiger partial charge in [0.2, 0.25) is 5.91 Å². The van der Waals surface area contributed by atoms with Crippen LogP contribution in [0.3, 0.4) is 0 Å². The minimum absolute atomic E-state index is 0.0583. The van der Waals surface area contributed by atoms with Crippen molar-refractivity contribution in [3.8, 4) is 0 Å². The first-order valence-corrected chi connectivity index (χ1v) is 7.80. The highest BCUT2D eigenvalue weighted by Gasteiger charge is 2.20. The maximum Gasteiger partial charge on any atom is 0.228 e. The molecule has 0 aromatic heterocycles. The molecule has 116 valence electrons. The van der Waals surface area contributed by atoms with Crippen LogP contribution in [0.25, 0.3) is 0 Å². The minimum atomic E-state index is -0.872. The summed E-state index contributed by atoms with van der Waals surface area (Å²) in [6.07, 6.45) is 6.54. The normalized spacial score (nSPS) is 19.8. The van der Waals surface area contributed by atoms with Gasteiger partial charge in [0.15, 0.2) is 0 Å². The van der Waals surface area contributed by atoms with Crippen LogP contribution in [0.2, 0.25) is 0 Å². The number of aliphatic hydroxyl groups is 1. The third kappa shape index (κ3) is 6.51. The van der Waals surface area contributed by atoms with Crippen molar-refractivity contribution in [3.63, 3.8) is 0 Å². The van der Waals surface area contributed by atoms with Crippen LogP contribution in [0.15, 0.2) is 4.99 Å². The molecule has 0 spiro atoms. The van der Waals surface area contributed by atoms with Crippen LogP contribution < -0.4 is 5.32 Å². The molecule has 0 bridgehead atoms. The number of nitrogens with one attached hydrogen (secondary N) is 1. The molecule has 4 nitrogen and oxygen atoms in total. The van der Waals surface area contributed by atoms with E-state index in [9.17, 15) is 9.90 Å². The molecule has 0 aliphatic heterocycles. The number of hydrogen-bond donors (Lipinski definition) is 2. The third-order valence-corrected chi connectivity index (χ3v) is 4.04. The first kappa shape index (κ1) is 17.2. The first-order valence-electron chi connectivity index (χ1n) is 7.80. The van der Waals surface area contributed by atoms with Crippen molar-refractivity contribution in [2.24, 2.45) is 16.8 Å². The van der Waals surface area contributed by atoms with E-state index in [4.69, 9.17) is 0 Å². The maximum atomic E-state index is 12.0. The Morgan fingerprint density at radius 2 is 1.95 bits per heavy atom. The second kappa shape index (κ2) is 7.77. The Morgan fingerprint density at radius 3 is 2.50 bits per heavy atom. The molecule has 0 aromatic rings. The molecule has 0 saturated heterocycles. The van der Waals surface area contributed by atoms with Gasteiger partial charge in [0.05, 0.1) is 11.5 Å². The third-order valence-electron chi connectivity index (χ3n) is 4.04. The standard InChI is InChI=1S/C16H30N2O2/c1-12(15(19)18-11-16(3,4)20)13(2)17-10-14-8-6-5-7-9-14/h12,14,20H,5-11H2,1-4H3,(H,18,19).